The lowest BCUT2D eigenvalue weighted by Crippen LogP contribution is -1.95. The van der Waals surface area contributed by atoms with Crippen molar-refractivity contribution in [2.24, 2.45) is 0 Å². The molecule has 0 aliphatic heterocycles. The van der Waals surface area contributed by atoms with Gasteiger partial charge in [0.05, 0.1) is 11.9 Å². The van der Waals surface area contributed by atoms with Gasteiger partial charge in [-0.15, -0.1) is 0 Å². The third kappa shape index (κ3) is 1.35. The molecule has 0 saturated heterocycles. The van der Waals surface area contributed by atoms with Gasteiger partial charge >= 0.3 is 0 Å². The van der Waals surface area contributed by atoms with Gasteiger partial charge in [-0.25, -0.2) is 19.3 Å². The van der Waals surface area contributed by atoms with Crippen LogP contribution in [0.4, 0.5) is 4.39 Å². The van der Waals surface area contributed by atoms with Gasteiger partial charge in [0.25, 0.3) is 0 Å². The van der Waals surface area contributed by atoms with Gasteiger partial charge in [-0.1, -0.05) is 0 Å². The van der Waals surface area contributed by atoms with Crippen LogP contribution in [0, 0.1) is 19.7 Å². The summed E-state index contributed by atoms with van der Waals surface area (Å²) in [4.78, 5) is 12.1. The summed E-state index contributed by atoms with van der Waals surface area (Å²) in [5.41, 5.74) is 1.31. The molecule has 2 aromatic rings. The molecule has 0 aliphatic rings. The molecule has 0 saturated carbocycles. The molecule has 0 aliphatic carbocycles. The topological polar surface area (TPSA) is 38.7 Å². The second kappa shape index (κ2) is 2.73. The summed E-state index contributed by atoms with van der Waals surface area (Å²) in [6, 6.07) is 1.40. The second-order valence-electron chi connectivity index (χ2n) is 2.88. The fourth-order valence-corrected chi connectivity index (χ4v) is 1.27. The Morgan fingerprint density at radius 1 is 1.23 bits per heavy atom. The van der Waals surface area contributed by atoms with Crippen molar-refractivity contribution in [3.8, 4) is 0 Å². The normalized spacial score (nSPS) is 10.7. The zero-order chi connectivity index (χ0) is 9.42. The average Bonchev–Trinajstić information content (AvgIpc) is 2.06. The number of hydrogen-bond acceptors (Lipinski definition) is 3. The molecule has 0 fully saturated rings. The third-order valence-electron chi connectivity index (χ3n) is 1.82. The van der Waals surface area contributed by atoms with E-state index in [9.17, 15) is 4.39 Å². The van der Waals surface area contributed by atoms with Crippen LogP contribution in [-0.2, 0) is 0 Å². The summed E-state index contributed by atoms with van der Waals surface area (Å²) in [5, 5.41) is 0.672. The molecule has 0 aromatic carbocycles. The van der Waals surface area contributed by atoms with Crippen molar-refractivity contribution in [2.75, 3.05) is 0 Å². The fourth-order valence-electron chi connectivity index (χ4n) is 1.27. The summed E-state index contributed by atoms with van der Waals surface area (Å²) in [5.74, 6) is 0.298. The summed E-state index contributed by atoms with van der Waals surface area (Å²) in [6.45, 7) is 3.61. The SMILES string of the molecule is Cc1nc(C)c2cc(F)cnc2n1. The predicted octanol–water partition coefficient (Wildman–Crippen LogP) is 1.78. The molecule has 2 heterocycles. The largest absolute Gasteiger partial charge is 0.238 e. The number of rotatable bonds is 0. The van der Waals surface area contributed by atoms with E-state index in [2.05, 4.69) is 15.0 Å². The Morgan fingerprint density at radius 3 is 2.77 bits per heavy atom. The minimum atomic E-state index is -0.358. The average molecular weight is 177 g/mol. The fraction of sp³-hybridized carbons (Fsp3) is 0.222. The van der Waals surface area contributed by atoms with Gasteiger partial charge in [-0.3, -0.25) is 0 Å². The molecule has 0 N–H and O–H groups in total. The Bertz CT molecular complexity index is 468. The number of hydrogen-bond donors (Lipinski definition) is 0. The van der Waals surface area contributed by atoms with E-state index in [1.807, 2.05) is 6.92 Å². The molecule has 0 spiro atoms. The van der Waals surface area contributed by atoms with Gasteiger partial charge in [0.15, 0.2) is 5.65 Å². The molecule has 2 aromatic heterocycles. The smallest absolute Gasteiger partial charge is 0.163 e. The van der Waals surface area contributed by atoms with E-state index in [0.717, 1.165) is 11.9 Å². The molecule has 0 bridgehead atoms. The van der Waals surface area contributed by atoms with E-state index in [1.54, 1.807) is 6.92 Å². The van der Waals surface area contributed by atoms with Gasteiger partial charge in [0.2, 0.25) is 0 Å². The van der Waals surface area contributed by atoms with Crippen molar-refractivity contribution < 1.29 is 4.39 Å². The van der Waals surface area contributed by atoms with Crippen LogP contribution in [0.3, 0.4) is 0 Å². The number of aryl methyl sites for hydroxylation is 2. The molecule has 0 amide bonds. The number of halogens is 1. The molecule has 3 nitrogen and oxygen atoms in total. The first-order valence-electron chi connectivity index (χ1n) is 3.93. The number of fused-ring (bicyclic) bond motifs is 1. The second-order valence-corrected chi connectivity index (χ2v) is 2.88. The van der Waals surface area contributed by atoms with E-state index in [-0.39, 0.29) is 5.82 Å². The maximum atomic E-state index is 12.8. The molecule has 66 valence electrons. The van der Waals surface area contributed by atoms with E-state index in [4.69, 9.17) is 0 Å². The summed E-state index contributed by atoms with van der Waals surface area (Å²) >= 11 is 0. The van der Waals surface area contributed by atoms with Crippen molar-refractivity contribution in [1.29, 1.82) is 0 Å². The molecular formula is C9H8FN3. The van der Waals surface area contributed by atoms with E-state index < -0.39 is 0 Å². The molecule has 0 unspecified atom stereocenters. The highest BCUT2D eigenvalue weighted by molar-refractivity contribution is 5.76. The van der Waals surface area contributed by atoms with Gasteiger partial charge in [0.1, 0.15) is 11.6 Å². The Kier molecular flexibility index (Phi) is 1.69. The summed E-state index contributed by atoms with van der Waals surface area (Å²) in [7, 11) is 0. The molecule has 4 heteroatoms. The van der Waals surface area contributed by atoms with Crippen LogP contribution in [0.15, 0.2) is 12.3 Å². The Labute approximate surface area is 74.7 Å². The third-order valence-corrected chi connectivity index (χ3v) is 1.82. The molecular weight excluding hydrogens is 169 g/mol. The minimum absolute atomic E-state index is 0.358. The first kappa shape index (κ1) is 8.04. The van der Waals surface area contributed by atoms with Crippen LogP contribution in [0.25, 0.3) is 11.0 Å². The number of nitrogens with zero attached hydrogens (tertiary/aromatic N) is 3. The summed E-state index contributed by atoms with van der Waals surface area (Å²) < 4.78 is 12.8. The van der Waals surface area contributed by atoms with E-state index in [1.165, 1.54) is 6.07 Å². The lowest BCUT2D eigenvalue weighted by Gasteiger charge is -2.00. The van der Waals surface area contributed by atoms with Crippen LogP contribution in [0.1, 0.15) is 11.5 Å². The van der Waals surface area contributed by atoms with E-state index in [0.29, 0.717) is 16.9 Å². The highest BCUT2D eigenvalue weighted by atomic mass is 19.1. The van der Waals surface area contributed by atoms with Gasteiger partial charge in [0, 0.05) is 5.39 Å². The monoisotopic (exact) mass is 177 g/mol. The van der Waals surface area contributed by atoms with Crippen LogP contribution in [-0.4, -0.2) is 15.0 Å². The zero-order valence-electron chi connectivity index (χ0n) is 7.37. The van der Waals surface area contributed by atoms with Crippen LogP contribution >= 0.6 is 0 Å². The Morgan fingerprint density at radius 2 is 2.00 bits per heavy atom. The number of pyridine rings is 1. The highest BCUT2D eigenvalue weighted by Gasteiger charge is 2.03. The predicted molar refractivity (Wildman–Crippen MR) is 46.8 cm³/mol. The van der Waals surface area contributed by atoms with Crippen molar-refractivity contribution >= 4 is 11.0 Å². The van der Waals surface area contributed by atoms with Crippen LogP contribution in [0.5, 0.6) is 0 Å². The van der Waals surface area contributed by atoms with Crippen molar-refractivity contribution in [3.05, 3.63) is 29.6 Å². The molecule has 0 atom stereocenters. The first-order valence-corrected chi connectivity index (χ1v) is 3.93. The first-order chi connectivity index (χ1) is 6.16. The Hall–Kier alpha value is -1.58. The summed E-state index contributed by atoms with van der Waals surface area (Å²) in [6.07, 6.45) is 1.16. The van der Waals surface area contributed by atoms with Crippen molar-refractivity contribution in [3.63, 3.8) is 0 Å². The quantitative estimate of drug-likeness (QED) is 0.615. The molecule has 2 rings (SSSR count). The maximum absolute atomic E-state index is 12.8. The minimum Gasteiger partial charge on any atom is -0.238 e. The highest BCUT2D eigenvalue weighted by Crippen LogP contribution is 2.13. The number of aromatic nitrogens is 3. The molecule has 13 heavy (non-hydrogen) atoms. The van der Waals surface area contributed by atoms with Gasteiger partial charge in [-0.2, -0.15) is 0 Å². The van der Waals surface area contributed by atoms with Gasteiger partial charge < -0.3 is 0 Å². The van der Waals surface area contributed by atoms with Gasteiger partial charge in [-0.05, 0) is 19.9 Å². The zero-order valence-corrected chi connectivity index (χ0v) is 7.37. The van der Waals surface area contributed by atoms with Crippen LogP contribution in [0.2, 0.25) is 0 Å². The van der Waals surface area contributed by atoms with E-state index >= 15 is 0 Å². The van der Waals surface area contributed by atoms with Crippen molar-refractivity contribution in [2.45, 2.75) is 13.8 Å². The molecule has 0 radical (unpaired) electrons. The standard InChI is InChI=1S/C9H8FN3/c1-5-8-3-7(10)4-11-9(8)13-6(2)12-5/h3-4H,1-2H3. The Balaban J connectivity index is 2.87. The van der Waals surface area contributed by atoms with Crippen LogP contribution < -0.4 is 0 Å². The lowest BCUT2D eigenvalue weighted by atomic mass is 10.2. The van der Waals surface area contributed by atoms with Crippen molar-refractivity contribution in [1.82, 2.24) is 15.0 Å². The maximum Gasteiger partial charge on any atom is 0.163 e. The lowest BCUT2D eigenvalue weighted by molar-refractivity contribution is 0.623.